The van der Waals surface area contributed by atoms with Crippen molar-refractivity contribution in [3.8, 4) is 12.3 Å². The van der Waals surface area contributed by atoms with Crippen molar-refractivity contribution < 1.29 is 13.5 Å². The standard InChI is InChI=1S/C15H19NO3S/c1-3-12-6-7-13(10-15(12)17)16-20(18,19)14-8-4-11(2)5-9-14/h1,4-5,8-9,12-13,15-17H,6-7,10H2,2H3/t12-,13-,15-/m1/s1. The number of nitrogens with one attached hydrogen (secondary N) is 1. The summed E-state index contributed by atoms with van der Waals surface area (Å²) in [6, 6.07) is 6.43. The molecule has 1 fully saturated rings. The van der Waals surface area contributed by atoms with Crippen molar-refractivity contribution in [2.24, 2.45) is 5.92 Å². The van der Waals surface area contributed by atoms with Crippen LogP contribution in [0.2, 0.25) is 0 Å². The van der Waals surface area contributed by atoms with Crippen LogP contribution in [0.3, 0.4) is 0 Å². The van der Waals surface area contributed by atoms with E-state index in [1.807, 2.05) is 6.92 Å². The van der Waals surface area contributed by atoms with Crippen molar-refractivity contribution in [1.82, 2.24) is 4.72 Å². The lowest BCUT2D eigenvalue weighted by molar-refractivity contribution is 0.0850. The Kier molecular flexibility index (Phi) is 4.48. The monoisotopic (exact) mass is 293 g/mol. The van der Waals surface area contributed by atoms with E-state index in [0.717, 1.165) is 5.56 Å². The Morgan fingerprint density at radius 3 is 2.50 bits per heavy atom. The Morgan fingerprint density at radius 2 is 1.95 bits per heavy atom. The number of sulfonamides is 1. The SMILES string of the molecule is C#C[C@@H]1CC[C@@H](NS(=O)(=O)c2ccc(C)cc2)C[C@H]1O. The topological polar surface area (TPSA) is 66.4 Å². The molecule has 0 aromatic heterocycles. The van der Waals surface area contributed by atoms with E-state index in [-0.39, 0.29) is 16.9 Å². The second-order valence-corrected chi connectivity index (χ2v) is 7.00. The van der Waals surface area contributed by atoms with E-state index in [4.69, 9.17) is 6.42 Å². The summed E-state index contributed by atoms with van der Waals surface area (Å²) < 4.78 is 27.1. The predicted octanol–water partition coefficient (Wildman–Crippen LogP) is 1.44. The lowest BCUT2D eigenvalue weighted by atomic mass is 9.84. The first kappa shape index (κ1) is 15.0. The molecule has 2 N–H and O–H groups in total. The molecule has 0 unspecified atom stereocenters. The zero-order valence-corrected chi connectivity index (χ0v) is 12.2. The van der Waals surface area contributed by atoms with E-state index in [2.05, 4.69) is 10.6 Å². The van der Waals surface area contributed by atoms with Crippen LogP contribution in [-0.4, -0.2) is 25.7 Å². The molecule has 3 atom stereocenters. The maximum Gasteiger partial charge on any atom is 0.240 e. The van der Waals surface area contributed by atoms with Gasteiger partial charge in [-0.05, 0) is 38.3 Å². The fourth-order valence-corrected chi connectivity index (χ4v) is 3.74. The molecule has 4 nitrogen and oxygen atoms in total. The van der Waals surface area contributed by atoms with Gasteiger partial charge in [0.05, 0.1) is 11.0 Å². The van der Waals surface area contributed by atoms with Gasteiger partial charge in [-0.3, -0.25) is 0 Å². The van der Waals surface area contributed by atoms with E-state index in [0.29, 0.717) is 19.3 Å². The van der Waals surface area contributed by atoms with E-state index >= 15 is 0 Å². The van der Waals surface area contributed by atoms with Gasteiger partial charge in [0.2, 0.25) is 10.0 Å². The maximum atomic E-state index is 12.2. The number of rotatable bonds is 3. The quantitative estimate of drug-likeness (QED) is 0.829. The molecule has 20 heavy (non-hydrogen) atoms. The fourth-order valence-electron chi connectivity index (χ4n) is 2.45. The van der Waals surface area contributed by atoms with Gasteiger partial charge in [-0.15, -0.1) is 12.3 Å². The summed E-state index contributed by atoms with van der Waals surface area (Å²) >= 11 is 0. The summed E-state index contributed by atoms with van der Waals surface area (Å²) in [7, 11) is -3.54. The Labute approximate surface area is 120 Å². The first-order valence-corrected chi connectivity index (χ1v) is 8.14. The molecule has 0 heterocycles. The van der Waals surface area contributed by atoms with Gasteiger partial charge in [0.15, 0.2) is 0 Å². The van der Waals surface area contributed by atoms with Crippen LogP contribution >= 0.6 is 0 Å². The molecule has 1 aliphatic rings. The Morgan fingerprint density at radius 1 is 1.30 bits per heavy atom. The van der Waals surface area contributed by atoms with Crippen LogP contribution in [0.25, 0.3) is 0 Å². The lowest BCUT2D eigenvalue weighted by Crippen LogP contribution is -2.42. The van der Waals surface area contributed by atoms with Crippen LogP contribution in [0.1, 0.15) is 24.8 Å². The van der Waals surface area contributed by atoms with Gasteiger partial charge >= 0.3 is 0 Å². The maximum absolute atomic E-state index is 12.2. The van der Waals surface area contributed by atoms with Crippen LogP contribution in [0.4, 0.5) is 0 Å². The Hall–Kier alpha value is -1.35. The number of benzene rings is 1. The van der Waals surface area contributed by atoms with Crippen molar-refractivity contribution in [3.05, 3.63) is 29.8 Å². The fraction of sp³-hybridized carbons (Fsp3) is 0.467. The van der Waals surface area contributed by atoms with Crippen LogP contribution in [0.15, 0.2) is 29.2 Å². The average Bonchev–Trinajstić information content (AvgIpc) is 2.39. The van der Waals surface area contributed by atoms with Crippen molar-refractivity contribution >= 4 is 10.0 Å². The predicted molar refractivity (Wildman–Crippen MR) is 77.5 cm³/mol. The highest BCUT2D eigenvalue weighted by Gasteiger charge is 2.30. The molecule has 5 heteroatoms. The van der Waals surface area contributed by atoms with Gasteiger partial charge < -0.3 is 5.11 Å². The molecule has 0 spiro atoms. The highest BCUT2D eigenvalue weighted by atomic mass is 32.2. The molecule has 1 aliphatic carbocycles. The molecule has 1 aromatic rings. The van der Waals surface area contributed by atoms with Crippen molar-refractivity contribution in [3.63, 3.8) is 0 Å². The molecule has 0 amide bonds. The molecule has 0 bridgehead atoms. The third-order valence-electron chi connectivity index (χ3n) is 3.68. The summed E-state index contributed by atoms with van der Waals surface area (Å²) in [5.74, 6) is 2.38. The summed E-state index contributed by atoms with van der Waals surface area (Å²) in [4.78, 5) is 0.247. The van der Waals surface area contributed by atoms with Crippen LogP contribution in [0, 0.1) is 25.2 Å². The van der Waals surface area contributed by atoms with Gasteiger partial charge in [0, 0.05) is 12.0 Å². The second-order valence-electron chi connectivity index (χ2n) is 5.28. The minimum absolute atomic E-state index is 0.171. The normalized spacial score (nSPS) is 26.9. The van der Waals surface area contributed by atoms with Gasteiger partial charge in [-0.2, -0.15) is 0 Å². The zero-order valence-electron chi connectivity index (χ0n) is 11.4. The molecule has 0 aliphatic heterocycles. The molecule has 1 saturated carbocycles. The Balaban J connectivity index is 2.06. The van der Waals surface area contributed by atoms with Crippen LogP contribution < -0.4 is 4.72 Å². The zero-order chi connectivity index (χ0) is 14.8. The highest BCUT2D eigenvalue weighted by molar-refractivity contribution is 7.89. The van der Waals surface area contributed by atoms with Gasteiger partial charge in [0.1, 0.15) is 0 Å². The van der Waals surface area contributed by atoms with E-state index < -0.39 is 16.1 Å². The first-order chi connectivity index (χ1) is 9.42. The molecule has 108 valence electrons. The minimum atomic E-state index is -3.54. The molecular weight excluding hydrogens is 274 g/mol. The number of aliphatic hydroxyl groups excluding tert-OH is 1. The van der Waals surface area contributed by atoms with Gasteiger partial charge in [-0.25, -0.2) is 13.1 Å². The molecule has 1 aromatic carbocycles. The number of terminal acetylenes is 1. The lowest BCUT2D eigenvalue weighted by Gasteiger charge is -2.30. The van der Waals surface area contributed by atoms with Gasteiger partial charge in [-0.1, -0.05) is 17.7 Å². The van der Waals surface area contributed by atoms with E-state index in [9.17, 15) is 13.5 Å². The van der Waals surface area contributed by atoms with E-state index in [1.54, 1.807) is 24.3 Å². The third kappa shape index (κ3) is 3.40. The van der Waals surface area contributed by atoms with Crippen LogP contribution in [-0.2, 0) is 10.0 Å². The highest BCUT2D eigenvalue weighted by Crippen LogP contribution is 2.25. The smallest absolute Gasteiger partial charge is 0.240 e. The summed E-state index contributed by atoms with van der Waals surface area (Å²) in [6.45, 7) is 1.90. The molecule has 2 rings (SSSR count). The number of aryl methyl sites for hydroxylation is 1. The van der Waals surface area contributed by atoms with E-state index in [1.165, 1.54) is 0 Å². The number of aliphatic hydroxyl groups is 1. The average molecular weight is 293 g/mol. The molecule has 0 radical (unpaired) electrons. The van der Waals surface area contributed by atoms with Crippen LogP contribution in [0.5, 0.6) is 0 Å². The summed E-state index contributed by atoms with van der Waals surface area (Å²) in [6.07, 6.45) is 6.33. The Bertz CT molecular complexity index is 601. The minimum Gasteiger partial charge on any atom is -0.392 e. The number of hydrogen-bond acceptors (Lipinski definition) is 3. The van der Waals surface area contributed by atoms with Gasteiger partial charge in [0.25, 0.3) is 0 Å². The number of hydrogen-bond donors (Lipinski definition) is 2. The third-order valence-corrected chi connectivity index (χ3v) is 5.22. The largest absolute Gasteiger partial charge is 0.392 e. The van der Waals surface area contributed by atoms with Crippen molar-refractivity contribution in [2.75, 3.05) is 0 Å². The molecular formula is C15H19NO3S. The summed E-state index contributed by atoms with van der Waals surface area (Å²) in [5.41, 5.74) is 1.01. The van der Waals surface area contributed by atoms with Crippen molar-refractivity contribution in [2.45, 2.75) is 43.2 Å². The first-order valence-electron chi connectivity index (χ1n) is 6.65. The van der Waals surface area contributed by atoms with Crippen molar-refractivity contribution in [1.29, 1.82) is 0 Å². The second kappa shape index (κ2) is 5.96. The summed E-state index contributed by atoms with van der Waals surface area (Å²) in [5, 5.41) is 9.87. The molecule has 0 saturated heterocycles.